The number of hydrogen-bond acceptors (Lipinski definition) is 5. The predicted molar refractivity (Wildman–Crippen MR) is 139 cm³/mol. The number of para-hydroxylation sites is 1. The summed E-state index contributed by atoms with van der Waals surface area (Å²) in [5.74, 6) is -2.78. The number of ether oxygens (including phenoxy) is 1. The van der Waals surface area contributed by atoms with E-state index in [4.69, 9.17) is 16.3 Å². The molecule has 37 heavy (non-hydrogen) atoms. The number of nitrogens with one attached hydrogen (secondary N) is 2. The van der Waals surface area contributed by atoms with Gasteiger partial charge in [0, 0.05) is 6.54 Å². The number of amides is 3. The lowest BCUT2D eigenvalue weighted by atomic mass is 9.62. The Balaban J connectivity index is 1.51. The first kappa shape index (κ1) is 25.7. The van der Waals surface area contributed by atoms with Crippen LogP contribution < -0.4 is 10.6 Å². The molecule has 3 amide bonds. The fourth-order valence-electron chi connectivity index (χ4n) is 6.60. The van der Waals surface area contributed by atoms with Crippen LogP contribution in [-0.4, -0.2) is 57.6 Å². The molecular formula is C28H32ClN3O5. The Bertz CT molecular complexity index is 1230. The van der Waals surface area contributed by atoms with Gasteiger partial charge >= 0.3 is 0 Å². The highest BCUT2D eigenvalue weighted by atomic mass is 35.5. The lowest BCUT2D eigenvalue weighted by molar-refractivity contribution is -0.148. The molecule has 3 N–H and O–H groups in total. The van der Waals surface area contributed by atoms with E-state index in [9.17, 15) is 19.5 Å². The quantitative estimate of drug-likeness (QED) is 0.515. The van der Waals surface area contributed by atoms with Crippen molar-refractivity contribution in [2.24, 2.45) is 17.8 Å². The number of rotatable bonds is 7. The second-order valence-corrected chi connectivity index (χ2v) is 11.1. The molecular weight excluding hydrogens is 494 g/mol. The third-order valence-corrected chi connectivity index (χ3v) is 8.79. The molecule has 3 fully saturated rings. The van der Waals surface area contributed by atoms with Crippen LogP contribution in [0.1, 0.15) is 32.8 Å². The molecule has 3 saturated heterocycles. The van der Waals surface area contributed by atoms with E-state index >= 15 is 0 Å². The van der Waals surface area contributed by atoms with E-state index in [1.807, 2.05) is 44.2 Å². The van der Waals surface area contributed by atoms with Crippen molar-refractivity contribution in [3.63, 3.8) is 0 Å². The monoisotopic (exact) mass is 525 g/mol. The Kier molecular flexibility index (Phi) is 6.54. The number of carbonyl (C=O) groups excluding carboxylic acids is 3. The molecule has 0 radical (unpaired) electrons. The Hall–Kier alpha value is -2.94. The van der Waals surface area contributed by atoms with Crippen LogP contribution in [-0.2, 0) is 25.7 Å². The molecule has 3 unspecified atom stereocenters. The van der Waals surface area contributed by atoms with Crippen molar-refractivity contribution in [3.8, 4) is 0 Å². The van der Waals surface area contributed by atoms with Crippen molar-refractivity contribution in [2.45, 2.75) is 57.0 Å². The van der Waals surface area contributed by atoms with Gasteiger partial charge in [0.25, 0.3) is 0 Å². The van der Waals surface area contributed by atoms with Gasteiger partial charge in [-0.05, 0) is 43.9 Å². The van der Waals surface area contributed by atoms with Gasteiger partial charge in [0.2, 0.25) is 17.7 Å². The highest BCUT2D eigenvalue weighted by Gasteiger charge is 2.80. The normalized spacial score (nSPS) is 32.8. The second kappa shape index (κ2) is 9.42. The molecule has 0 saturated carbocycles. The van der Waals surface area contributed by atoms with E-state index in [0.717, 1.165) is 5.56 Å². The topological polar surface area (TPSA) is 108 Å². The van der Waals surface area contributed by atoms with Gasteiger partial charge in [-0.2, -0.15) is 0 Å². The first-order valence-corrected chi connectivity index (χ1v) is 13.0. The highest BCUT2D eigenvalue weighted by molar-refractivity contribution is 6.33. The minimum atomic E-state index is -1.20. The number of aliphatic hydroxyl groups is 1. The molecule has 7 atom stereocenters. The number of anilines is 1. The van der Waals surface area contributed by atoms with Crippen LogP contribution in [0, 0.1) is 17.8 Å². The number of carbonyl (C=O) groups is 3. The van der Waals surface area contributed by atoms with Gasteiger partial charge in [-0.1, -0.05) is 61.0 Å². The fraction of sp³-hybridized carbons (Fsp3) is 0.464. The average Bonchev–Trinajstić information content (AvgIpc) is 3.40. The molecule has 2 aromatic rings. The van der Waals surface area contributed by atoms with E-state index < -0.39 is 41.0 Å². The van der Waals surface area contributed by atoms with Crippen LogP contribution in [0.4, 0.5) is 5.69 Å². The van der Waals surface area contributed by atoms with Crippen LogP contribution in [0.15, 0.2) is 54.6 Å². The molecule has 3 aliphatic rings. The zero-order valence-corrected chi connectivity index (χ0v) is 21.9. The maximum Gasteiger partial charge on any atom is 0.250 e. The van der Waals surface area contributed by atoms with Gasteiger partial charge in [0.05, 0.1) is 40.8 Å². The Morgan fingerprint density at radius 2 is 1.84 bits per heavy atom. The molecule has 3 aliphatic heterocycles. The summed E-state index contributed by atoms with van der Waals surface area (Å²) < 4.78 is 6.67. The van der Waals surface area contributed by atoms with E-state index in [0.29, 0.717) is 23.7 Å². The lowest BCUT2D eigenvalue weighted by Gasteiger charge is -2.36. The summed E-state index contributed by atoms with van der Waals surface area (Å²) in [6.07, 6.45) is 0.442. The number of likely N-dealkylation sites (tertiary alicyclic amines) is 1. The summed E-state index contributed by atoms with van der Waals surface area (Å²) >= 11 is 6.29. The van der Waals surface area contributed by atoms with Crippen molar-refractivity contribution < 1.29 is 24.2 Å². The summed E-state index contributed by atoms with van der Waals surface area (Å²) in [5.41, 5.74) is -0.756. The Morgan fingerprint density at radius 3 is 2.51 bits per heavy atom. The zero-order valence-electron chi connectivity index (χ0n) is 21.1. The van der Waals surface area contributed by atoms with Gasteiger partial charge in [0.1, 0.15) is 11.6 Å². The largest absolute Gasteiger partial charge is 0.394 e. The molecule has 8 nitrogen and oxygen atoms in total. The molecule has 196 valence electrons. The van der Waals surface area contributed by atoms with Crippen LogP contribution in [0.25, 0.3) is 0 Å². The summed E-state index contributed by atoms with van der Waals surface area (Å²) in [5, 5.41) is 16.2. The van der Waals surface area contributed by atoms with Crippen molar-refractivity contribution >= 4 is 35.0 Å². The summed E-state index contributed by atoms with van der Waals surface area (Å²) in [4.78, 5) is 42.9. The maximum absolute atomic E-state index is 14.0. The number of benzene rings is 2. The number of fused-ring (bicyclic) bond motifs is 1. The molecule has 9 heteroatoms. The minimum Gasteiger partial charge on any atom is -0.394 e. The molecule has 2 aromatic carbocycles. The van der Waals surface area contributed by atoms with E-state index in [-0.39, 0.29) is 24.3 Å². The molecule has 3 heterocycles. The lowest BCUT2D eigenvalue weighted by Crippen LogP contribution is -2.56. The second-order valence-electron chi connectivity index (χ2n) is 10.7. The maximum atomic E-state index is 14.0. The summed E-state index contributed by atoms with van der Waals surface area (Å²) in [6.45, 7) is 5.54. The highest BCUT2D eigenvalue weighted by Crippen LogP contribution is 2.65. The Morgan fingerprint density at radius 1 is 1.16 bits per heavy atom. The smallest absolute Gasteiger partial charge is 0.250 e. The number of nitrogens with zero attached hydrogens (tertiary/aromatic N) is 1. The van der Waals surface area contributed by atoms with Crippen LogP contribution >= 0.6 is 11.6 Å². The SMILES string of the molecule is CC1CC23O[C@]1(C)[C@@H](C(=O)NCc1ccccc1)[C@H]2C(=O)N([C@H](C)CO)C3C(=O)Nc1ccccc1Cl. The molecule has 5 rings (SSSR count). The average molecular weight is 526 g/mol. The summed E-state index contributed by atoms with van der Waals surface area (Å²) in [7, 11) is 0. The van der Waals surface area contributed by atoms with E-state index in [1.165, 1.54) is 4.90 Å². The van der Waals surface area contributed by atoms with Gasteiger partial charge in [-0.15, -0.1) is 0 Å². The molecule has 0 aromatic heterocycles. The van der Waals surface area contributed by atoms with Gasteiger partial charge in [-0.25, -0.2) is 0 Å². The first-order valence-electron chi connectivity index (χ1n) is 12.6. The van der Waals surface area contributed by atoms with Crippen molar-refractivity contribution in [3.05, 3.63) is 65.2 Å². The fourth-order valence-corrected chi connectivity index (χ4v) is 6.78. The standard InChI is InChI=1S/C28H32ClN3O5/c1-16-13-28-22(21(27(16,3)37-28)24(34)30-14-18-9-5-4-6-10-18)26(36)32(17(2)15-33)23(28)25(35)31-20-12-8-7-11-19(20)29/h4-12,16-17,21-23,33H,13-15H2,1-3H3,(H,30,34)(H,31,35)/t16?,17-,21-,22+,23?,27+,28?/m1/s1. The zero-order chi connectivity index (χ0) is 26.5. The van der Waals surface area contributed by atoms with Gasteiger partial charge in [-0.3, -0.25) is 14.4 Å². The number of halogens is 1. The molecule has 2 bridgehead atoms. The number of aliphatic hydroxyl groups excluding tert-OH is 1. The summed E-state index contributed by atoms with van der Waals surface area (Å²) in [6, 6.07) is 14.7. The molecule has 0 aliphatic carbocycles. The first-order chi connectivity index (χ1) is 17.6. The van der Waals surface area contributed by atoms with Crippen LogP contribution in [0.5, 0.6) is 0 Å². The van der Waals surface area contributed by atoms with E-state index in [2.05, 4.69) is 10.6 Å². The predicted octanol–water partition coefficient (Wildman–Crippen LogP) is 2.99. The van der Waals surface area contributed by atoms with E-state index in [1.54, 1.807) is 31.2 Å². The van der Waals surface area contributed by atoms with Crippen LogP contribution in [0.2, 0.25) is 5.02 Å². The number of hydrogen-bond donors (Lipinski definition) is 3. The van der Waals surface area contributed by atoms with Gasteiger partial charge in [0.15, 0.2) is 0 Å². The van der Waals surface area contributed by atoms with Crippen molar-refractivity contribution in [2.75, 3.05) is 11.9 Å². The Labute approximate surface area is 221 Å². The van der Waals surface area contributed by atoms with Crippen molar-refractivity contribution in [1.82, 2.24) is 10.2 Å². The van der Waals surface area contributed by atoms with Crippen molar-refractivity contribution in [1.29, 1.82) is 0 Å². The molecule has 1 spiro atoms. The van der Waals surface area contributed by atoms with Gasteiger partial charge < -0.3 is 25.4 Å². The minimum absolute atomic E-state index is 0.0796. The third kappa shape index (κ3) is 3.93. The van der Waals surface area contributed by atoms with Crippen LogP contribution in [0.3, 0.4) is 0 Å². The third-order valence-electron chi connectivity index (χ3n) is 8.46.